The van der Waals surface area contributed by atoms with Crippen LogP contribution in [-0.2, 0) is 16.6 Å². The van der Waals surface area contributed by atoms with Gasteiger partial charge in [0.15, 0.2) is 5.69 Å². The van der Waals surface area contributed by atoms with Crippen LogP contribution in [0.3, 0.4) is 0 Å². The summed E-state index contributed by atoms with van der Waals surface area (Å²) in [4.78, 5) is 18.7. The number of hydrogen-bond donors (Lipinski definition) is 1. The van der Waals surface area contributed by atoms with Crippen LogP contribution in [0.25, 0.3) is 22.6 Å². The molecule has 13 heteroatoms. The minimum absolute atomic E-state index is 0.0382. The van der Waals surface area contributed by atoms with Gasteiger partial charge in [-0.25, -0.2) is 18.1 Å². The number of carbonyl (C=O) groups excluding carboxylic acids is 1. The number of oxazole rings is 1. The van der Waals surface area contributed by atoms with Gasteiger partial charge >= 0.3 is 0 Å². The van der Waals surface area contributed by atoms with Crippen molar-refractivity contribution in [3.8, 4) is 22.6 Å². The molecular weight excluding hydrogens is 528 g/mol. The van der Waals surface area contributed by atoms with Gasteiger partial charge in [0.25, 0.3) is 15.9 Å². The lowest BCUT2D eigenvalue weighted by atomic mass is 9.97. The van der Waals surface area contributed by atoms with Crippen LogP contribution in [0.2, 0.25) is 0 Å². The van der Waals surface area contributed by atoms with Crippen molar-refractivity contribution in [3.05, 3.63) is 82.8 Å². The van der Waals surface area contributed by atoms with Crippen molar-refractivity contribution >= 4 is 33.3 Å². The highest BCUT2D eigenvalue weighted by molar-refractivity contribution is 7.92. The highest BCUT2D eigenvalue weighted by Crippen LogP contribution is 2.34. The Balaban J connectivity index is 1.59. The molecule has 3 heterocycles. The van der Waals surface area contributed by atoms with E-state index in [0.29, 0.717) is 39.4 Å². The highest BCUT2D eigenvalue weighted by Gasteiger charge is 2.25. The third-order valence-corrected chi connectivity index (χ3v) is 7.86. The topological polar surface area (TPSA) is 144 Å². The molecule has 0 atom stereocenters. The SMILES string of the molecule is Cc1noc(NS(=O)(=O)c2ccccc2-c2ccc(-c3ncco3)cc2CN(C)C(=O)c2csnn2)c1C. The largest absolute Gasteiger partial charge is 0.445 e. The summed E-state index contributed by atoms with van der Waals surface area (Å²) in [5, 5.41) is 9.27. The molecule has 0 unspecified atom stereocenters. The van der Waals surface area contributed by atoms with Crippen LogP contribution in [0.5, 0.6) is 0 Å². The van der Waals surface area contributed by atoms with E-state index in [4.69, 9.17) is 8.94 Å². The number of rotatable bonds is 8. The van der Waals surface area contributed by atoms with Gasteiger partial charge in [-0.3, -0.25) is 4.79 Å². The second kappa shape index (κ2) is 10.2. The van der Waals surface area contributed by atoms with Crippen molar-refractivity contribution in [2.45, 2.75) is 25.3 Å². The Labute approximate surface area is 222 Å². The molecule has 0 bridgehead atoms. The Kier molecular flexibility index (Phi) is 6.78. The quantitative estimate of drug-likeness (QED) is 0.294. The van der Waals surface area contributed by atoms with Gasteiger partial charge in [-0.1, -0.05) is 33.9 Å². The Hall–Kier alpha value is -4.36. The molecule has 0 aliphatic rings. The van der Waals surface area contributed by atoms with E-state index in [-0.39, 0.29) is 28.9 Å². The Morgan fingerprint density at radius 3 is 2.63 bits per heavy atom. The zero-order chi connectivity index (χ0) is 26.9. The molecular formula is C25H22N6O5S2. The van der Waals surface area contributed by atoms with Gasteiger partial charge in [0.2, 0.25) is 11.8 Å². The molecule has 0 aliphatic heterocycles. The molecule has 38 heavy (non-hydrogen) atoms. The molecule has 0 saturated carbocycles. The summed E-state index contributed by atoms with van der Waals surface area (Å²) in [5.74, 6) is 0.137. The van der Waals surface area contributed by atoms with Gasteiger partial charge in [0.05, 0.1) is 16.8 Å². The molecule has 2 aromatic carbocycles. The number of aromatic nitrogens is 4. The van der Waals surface area contributed by atoms with E-state index in [1.165, 1.54) is 23.4 Å². The van der Waals surface area contributed by atoms with Gasteiger partial charge in [0, 0.05) is 35.7 Å². The lowest BCUT2D eigenvalue weighted by Crippen LogP contribution is -2.27. The number of nitrogens with zero attached hydrogens (tertiary/aromatic N) is 5. The average Bonchev–Trinajstić information content (AvgIpc) is 3.69. The normalized spacial score (nSPS) is 11.4. The number of carbonyl (C=O) groups is 1. The van der Waals surface area contributed by atoms with Crippen LogP contribution >= 0.6 is 11.5 Å². The van der Waals surface area contributed by atoms with Crippen LogP contribution < -0.4 is 4.72 Å². The molecule has 11 nitrogen and oxygen atoms in total. The number of aryl methyl sites for hydroxylation is 1. The second-order valence-electron chi connectivity index (χ2n) is 8.48. The first-order valence-corrected chi connectivity index (χ1v) is 13.7. The fourth-order valence-electron chi connectivity index (χ4n) is 3.88. The summed E-state index contributed by atoms with van der Waals surface area (Å²) in [7, 11) is -2.42. The minimum Gasteiger partial charge on any atom is -0.445 e. The van der Waals surface area contributed by atoms with Crippen molar-refractivity contribution in [3.63, 3.8) is 0 Å². The molecule has 0 saturated heterocycles. The summed E-state index contributed by atoms with van der Waals surface area (Å²) >= 11 is 1.09. The van der Waals surface area contributed by atoms with E-state index in [0.717, 1.165) is 11.5 Å². The fourth-order valence-corrected chi connectivity index (χ4v) is 5.58. The molecule has 0 fully saturated rings. The molecule has 5 rings (SSSR count). The lowest BCUT2D eigenvalue weighted by molar-refractivity contribution is 0.0779. The zero-order valence-electron chi connectivity index (χ0n) is 20.6. The van der Waals surface area contributed by atoms with Crippen LogP contribution in [0.1, 0.15) is 27.3 Å². The summed E-state index contributed by atoms with van der Waals surface area (Å²) in [6.07, 6.45) is 3.00. The Bertz CT molecular complexity index is 1700. The molecule has 0 spiro atoms. The third-order valence-electron chi connectivity index (χ3n) is 5.97. The standard InChI is InChI=1S/C25H22N6O5S2/c1-15-16(2)28-36-23(15)29-38(33,34)22-7-5-4-6-20(22)19-9-8-17(24-26-10-11-35-24)12-18(19)13-31(3)25(32)21-14-37-30-27-21/h4-12,14,29H,13H2,1-3H3. The first-order chi connectivity index (χ1) is 18.2. The molecule has 1 N–H and O–H groups in total. The zero-order valence-corrected chi connectivity index (χ0v) is 22.2. The number of benzene rings is 2. The van der Waals surface area contributed by atoms with E-state index >= 15 is 0 Å². The summed E-state index contributed by atoms with van der Waals surface area (Å²) in [5.41, 5.74) is 3.82. The second-order valence-corrected chi connectivity index (χ2v) is 10.7. The van der Waals surface area contributed by atoms with E-state index in [9.17, 15) is 13.2 Å². The average molecular weight is 551 g/mol. The number of nitrogens with one attached hydrogen (secondary N) is 1. The minimum atomic E-state index is -4.06. The molecule has 3 aromatic heterocycles. The van der Waals surface area contributed by atoms with Crippen LogP contribution in [0.4, 0.5) is 5.88 Å². The van der Waals surface area contributed by atoms with Crippen LogP contribution in [0.15, 0.2) is 74.1 Å². The Morgan fingerprint density at radius 2 is 1.95 bits per heavy atom. The monoisotopic (exact) mass is 550 g/mol. The molecule has 0 aliphatic carbocycles. The van der Waals surface area contributed by atoms with E-state index in [1.807, 2.05) is 6.07 Å². The van der Waals surface area contributed by atoms with Gasteiger partial charge in [-0.2, -0.15) is 0 Å². The molecule has 5 aromatic rings. The fraction of sp³-hybridized carbons (Fsp3) is 0.160. The summed E-state index contributed by atoms with van der Waals surface area (Å²) < 4.78 is 43.9. The molecule has 0 radical (unpaired) electrons. The Morgan fingerprint density at radius 1 is 1.13 bits per heavy atom. The maximum absolute atomic E-state index is 13.5. The van der Waals surface area contributed by atoms with E-state index < -0.39 is 10.0 Å². The number of amides is 1. The van der Waals surface area contributed by atoms with Gasteiger partial charge in [-0.15, -0.1) is 5.10 Å². The van der Waals surface area contributed by atoms with E-state index in [2.05, 4.69) is 24.4 Å². The molecule has 1 amide bonds. The van der Waals surface area contributed by atoms with E-state index in [1.54, 1.807) is 56.6 Å². The predicted molar refractivity (Wildman–Crippen MR) is 140 cm³/mol. The lowest BCUT2D eigenvalue weighted by Gasteiger charge is -2.20. The number of hydrogen-bond acceptors (Lipinski definition) is 10. The molecule has 194 valence electrons. The first kappa shape index (κ1) is 25.3. The van der Waals surface area contributed by atoms with Crippen LogP contribution in [-0.4, -0.2) is 46.0 Å². The number of sulfonamides is 1. The predicted octanol–water partition coefficient (Wildman–Crippen LogP) is 4.54. The summed E-state index contributed by atoms with van der Waals surface area (Å²) in [6, 6.07) is 12.0. The highest BCUT2D eigenvalue weighted by atomic mass is 32.2. The van der Waals surface area contributed by atoms with Crippen molar-refractivity contribution < 1.29 is 22.2 Å². The number of anilines is 1. The summed E-state index contributed by atoms with van der Waals surface area (Å²) in [6.45, 7) is 3.61. The first-order valence-electron chi connectivity index (χ1n) is 11.3. The van der Waals surface area contributed by atoms with Gasteiger partial charge in [-0.05, 0) is 54.7 Å². The maximum Gasteiger partial charge on any atom is 0.275 e. The van der Waals surface area contributed by atoms with Crippen molar-refractivity contribution in [2.75, 3.05) is 11.8 Å². The van der Waals surface area contributed by atoms with Crippen molar-refractivity contribution in [1.29, 1.82) is 0 Å². The smallest absolute Gasteiger partial charge is 0.275 e. The van der Waals surface area contributed by atoms with Gasteiger partial charge in [0.1, 0.15) is 6.26 Å². The third kappa shape index (κ3) is 4.93. The van der Waals surface area contributed by atoms with Crippen LogP contribution in [0, 0.1) is 13.8 Å². The van der Waals surface area contributed by atoms with Gasteiger partial charge < -0.3 is 13.8 Å². The van der Waals surface area contributed by atoms with Crippen molar-refractivity contribution in [2.24, 2.45) is 0 Å². The van der Waals surface area contributed by atoms with Crippen molar-refractivity contribution in [1.82, 2.24) is 24.6 Å². The maximum atomic E-state index is 13.5.